The lowest BCUT2D eigenvalue weighted by atomic mass is 9.82. The molecule has 0 aliphatic heterocycles. The predicted octanol–water partition coefficient (Wildman–Crippen LogP) is 4.45. The van der Waals surface area contributed by atoms with Gasteiger partial charge in [0.05, 0.1) is 0 Å². The number of thiophene rings is 1. The van der Waals surface area contributed by atoms with E-state index in [1.54, 1.807) is 0 Å². The van der Waals surface area contributed by atoms with E-state index in [1.807, 2.05) is 11.3 Å². The summed E-state index contributed by atoms with van der Waals surface area (Å²) >= 11 is 6.52. The first-order valence-corrected chi connectivity index (χ1v) is 8.57. The van der Waals surface area contributed by atoms with Crippen LogP contribution in [-0.2, 0) is 6.54 Å². The second kappa shape index (κ2) is 6.97. The van der Waals surface area contributed by atoms with Crippen LogP contribution in [0.2, 0.25) is 0 Å². The van der Waals surface area contributed by atoms with E-state index in [0.29, 0.717) is 5.41 Å². The third-order valence-corrected chi connectivity index (χ3v) is 5.64. The number of thiol groups is 1. The highest BCUT2D eigenvalue weighted by Gasteiger charge is 2.30. The molecular formula is C15H25NS2. The Balaban J connectivity index is 1.91. The Morgan fingerprint density at radius 2 is 2.00 bits per heavy atom. The molecule has 2 rings (SSSR count). The van der Waals surface area contributed by atoms with E-state index < -0.39 is 0 Å². The van der Waals surface area contributed by atoms with E-state index in [9.17, 15) is 0 Å². The van der Waals surface area contributed by atoms with E-state index in [2.05, 4.69) is 42.1 Å². The summed E-state index contributed by atoms with van der Waals surface area (Å²) in [5.74, 6) is 1.04. The number of rotatable bonds is 5. The fraction of sp³-hybridized carbons (Fsp3) is 0.733. The summed E-state index contributed by atoms with van der Waals surface area (Å²) in [7, 11) is 2.26. The molecule has 0 atom stereocenters. The summed E-state index contributed by atoms with van der Waals surface area (Å²) in [5.41, 5.74) is 0.464. The van der Waals surface area contributed by atoms with Crippen molar-refractivity contribution in [2.75, 3.05) is 19.3 Å². The summed E-state index contributed by atoms with van der Waals surface area (Å²) in [5, 5.41) is 2.17. The monoisotopic (exact) mass is 283 g/mol. The Bertz CT molecular complexity index is 326. The summed E-state index contributed by atoms with van der Waals surface area (Å²) < 4.78 is 0. The van der Waals surface area contributed by atoms with Gasteiger partial charge in [0.2, 0.25) is 0 Å². The van der Waals surface area contributed by atoms with Crippen molar-refractivity contribution in [1.82, 2.24) is 4.90 Å². The third kappa shape index (κ3) is 4.01. The van der Waals surface area contributed by atoms with Crippen molar-refractivity contribution in [3.05, 3.63) is 22.4 Å². The first-order valence-electron chi connectivity index (χ1n) is 7.06. The summed E-state index contributed by atoms with van der Waals surface area (Å²) in [4.78, 5) is 3.97. The molecule has 18 heavy (non-hydrogen) atoms. The first kappa shape index (κ1) is 14.4. The summed E-state index contributed by atoms with van der Waals surface area (Å²) in [6.07, 6.45) is 8.37. The van der Waals surface area contributed by atoms with Crippen LogP contribution in [0.25, 0.3) is 0 Å². The van der Waals surface area contributed by atoms with E-state index in [4.69, 9.17) is 0 Å². The minimum atomic E-state index is 0.464. The van der Waals surface area contributed by atoms with Gasteiger partial charge in [0.1, 0.15) is 0 Å². The molecule has 1 heterocycles. The van der Waals surface area contributed by atoms with Crippen molar-refractivity contribution in [2.45, 2.75) is 45.1 Å². The topological polar surface area (TPSA) is 3.24 Å². The van der Waals surface area contributed by atoms with Crippen LogP contribution in [0.4, 0.5) is 0 Å². The van der Waals surface area contributed by atoms with Gasteiger partial charge >= 0.3 is 0 Å². The second-order valence-electron chi connectivity index (χ2n) is 5.82. The Morgan fingerprint density at radius 1 is 1.28 bits per heavy atom. The van der Waals surface area contributed by atoms with Gasteiger partial charge in [-0.2, -0.15) is 12.6 Å². The molecular weight excluding hydrogens is 258 g/mol. The average molecular weight is 284 g/mol. The van der Waals surface area contributed by atoms with Crippen LogP contribution in [-0.4, -0.2) is 24.2 Å². The zero-order chi connectivity index (χ0) is 12.8. The van der Waals surface area contributed by atoms with Gasteiger partial charge in [-0.3, -0.25) is 0 Å². The average Bonchev–Trinajstić information content (AvgIpc) is 2.74. The molecule has 1 fully saturated rings. The van der Waals surface area contributed by atoms with Crippen LogP contribution in [0.1, 0.15) is 43.4 Å². The lowest BCUT2D eigenvalue weighted by Gasteiger charge is -2.35. The Morgan fingerprint density at radius 3 is 2.56 bits per heavy atom. The van der Waals surface area contributed by atoms with Gasteiger partial charge in [-0.1, -0.05) is 31.7 Å². The second-order valence-corrected chi connectivity index (χ2v) is 7.17. The van der Waals surface area contributed by atoms with Gasteiger partial charge in [-0.25, -0.2) is 0 Å². The van der Waals surface area contributed by atoms with Gasteiger partial charge in [-0.15, -0.1) is 11.3 Å². The maximum Gasteiger partial charge on any atom is 0.0325 e. The Hall–Kier alpha value is 0.01000. The molecule has 0 amide bonds. The zero-order valence-electron chi connectivity index (χ0n) is 11.4. The van der Waals surface area contributed by atoms with Crippen LogP contribution >= 0.6 is 24.0 Å². The molecule has 1 aromatic rings. The molecule has 102 valence electrons. The van der Waals surface area contributed by atoms with Crippen molar-refractivity contribution >= 4 is 24.0 Å². The molecule has 1 saturated carbocycles. The van der Waals surface area contributed by atoms with Gasteiger partial charge in [0.15, 0.2) is 0 Å². The van der Waals surface area contributed by atoms with E-state index >= 15 is 0 Å². The fourth-order valence-corrected chi connectivity index (χ4v) is 4.34. The van der Waals surface area contributed by atoms with Gasteiger partial charge in [-0.05, 0) is 42.5 Å². The van der Waals surface area contributed by atoms with Crippen LogP contribution in [0, 0.1) is 5.41 Å². The minimum Gasteiger partial charge on any atom is -0.301 e. The van der Waals surface area contributed by atoms with E-state index in [1.165, 1.54) is 49.9 Å². The fourth-order valence-electron chi connectivity index (χ4n) is 3.14. The predicted molar refractivity (Wildman–Crippen MR) is 84.6 cm³/mol. The lowest BCUT2D eigenvalue weighted by Crippen LogP contribution is -2.36. The third-order valence-electron chi connectivity index (χ3n) is 4.11. The largest absolute Gasteiger partial charge is 0.301 e. The zero-order valence-corrected chi connectivity index (χ0v) is 13.1. The highest BCUT2D eigenvalue weighted by Crippen LogP contribution is 2.37. The quantitative estimate of drug-likeness (QED) is 0.617. The molecule has 0 bridgehead atoms. The summed E-state index contributed by atoms with van der Waals surface area (Å²) in [6.45, 7) is 2.29. The van der Waals surface area contributed by atoms with Gasteiger partial charge in [0.25, 0.3) is 0 Å². The molecule has 0 spiro atoms. The Labute approximate surface area is 121 Å². The standard InChI is InChI=1S/C15H25NS2/c1-16(11-14-7-6-10-18-14)12-15(13-17)8-4-2-3-5-9-15/h6-7,10,17H,2-5,8-9,11-13H2,1H3. The maximum atomic E-state index is 4.66. The van der Waals surface area contributed by atoms with Crippen molar-refractivity contribution in [3.8, 4) is 0 Å². The van der Waals surface area contributed by atoms with Crippen molar-refractivity contribution in [1.29, 1.82) is 0 Å². The highest BCUT2D eigenvalue weighted by atomic mass is 32.1. The Kier molecular flexibility index (Phi) is 5.58. The molecule has 0 unspecified atom stereocenters. The molecule has 1 nitrogen and oxygen atoms in total. The van der Waals surface area contributed by atoms with Crippen molar-refractivity contribution in [2.24, 2.45) is 5.41 Å². The van der Waals surface area contributed by atoms with E-state index in [-0.39, 0.29) is 0 Å². The van der Waals surface area contributed by atoms with Crippen molar-refractivity contribution < 1.29 is 0 Å². The van der Waals surface area contributed by atoms with E-state index in [0.717, 1.165) is 12.3 Å². The molecule has 3 heteroatoms. The molecule has 0 N–H and O–H groups in total. The van der Waals surface area contributed by atoms with Crippen molar-refractivity contribution in [3.63, 3.8) is 0 Å². The summed E-state index contributed by atoms with van der Waals surface area (Å²) in [6, 6.07) is 4.38. The minimum absolute atomic E-state index is 0.464. The number of hydrogen-bond donors (Lipinski definition) is 1. The molecule has 1 aliphatic rings. The number of hydrogen-bond acceptors (Lipinski definition) is 3. The van der Waals surface area contributed by atoms with Crippen LogP contribution in [0.5, 0.6) is 0 Å². The smallest absolute Gasteiger partial charge is 0.0325 e. The SMILES string of the molecule is CN(Cc1cccs1)CC1(CS)CCCCCC1. The highest BCUT2D eigenvalue weighted by molar-refractivity contribution is 7.80. The normalized spacial score (nSPS) is 19.9. The lowest BCUT2D eigenvalue weighted by molar-refractivity contribution is 0.171. The molecule has 0 aromatic carbocycles. The van der Waals surface area contributed by atoms with Crippen LogP contribution < -0.4 is 0 Å². The molecule has 1 aromatic heterocycles. The maximum absolute atomic E-state index is 4.66. The molecule has 1 aliphatic carbocycles. The first-order chi connectivity index (χ1) is 8.74. The van der Waals surface area contributed by atoms with Gasteiger partial charge in [0, 0.05) is 18.0 Å². The number of nitrogens with zero attached hydrogens (tertiary/aromatic N) is 1. The van der Waals surface area contributed by atoms with Gasteiger partial charge < -0.3 is 4.90 Å². The van der Waals surface area contributed by atoms with Crippen LogP contribution in [0.3, 0.4) is 0 Å². The molecule has 0 saturated heterocycles. The van der Waals surface area contributed by atoms with Crippen LogP contribution in [0.15, 0.2) is 17.5 Å². The molecule has 0 radical (unpaired) electrons.